The molecular weight excluding hydrogens is 190 g/mol. The van der Waals surface area contributed by atoms with Crippen molar-refractivity contribution in [2.45, 2.75) is 25.4 Å². The van der Waals surface area contributed by atoms with Crippen molar-refractivity contribution >= 4 is 11.0 Å². The van der Waals surface area contributed by atoms with Crippen molar-refractivity contribution in [2.24, 2.45) is 5.73 Å². The molecule has 0 spiro atoms. The molecular formula is C11H13N3O. The highest BCUT2D eigenvalue weighted by Gasteiger charge is 2.20. The predicted octanol–water partition coefficient (Wildman–Crippen LogP) is 1.54. The Morgan fingerprint density at radius 1 is 1.47 bits per heavy atom. The molecule has 1 aliphatic rings. The first-order valence-corrected chi connectivity index (χ1v) is 5.20. The zero-order valence-corrected chi connectivity index (χ0v) is 8.35. The summed E-state index contributed by atoms with van der Waals surface area (Å²) < 4.78 is 2.11. The van der Waals surface area contributed by atoms with Crippen LogP contribution < -0.4 is 5.73 Å². The molecule has 1 atom stereocenters. The molecule has 4 heteroatoms. The molecule has 0 saturated carbocycles. The highest BCUT2D eigenvalue weighted by Crippen LogP contribution is 2.28. The largest absolute Gasteiger partial charge is 0.508 e. The Bertz CT molecular complexity index is 518. The molecule has 2 aromatic rings. The van der Waals surface area contributed by atoms with Crippen LogP contribution in [0.15, 0.2) is 18.2 Å². The van der Waals surface area contributed by atoms with Gasteiger partial charge < -0.3 is 15.4 Å². The van der Waals surface area contributed by atoms with Crippen molar-refractivity contribution in [3.05, 3.63) is 24.0 Å². The molecule has 0 saturated heterocycles. The fraction of sp³-hybridized carbons (Fsp3) is 0.364. The highest BCUT2D eigenvalue weighted by atomic mass is 16.3. The third-order valence-corrected chi connectivity index (χ3v) is 2.99. The van der Waals surface area contributed by atoms with E-state index in [1.807, 2.05) is 6.07 Å². The maximum absolute atomic E-state index is 9.44. The Hall–Kier alpha value is -1.55. The van der Waals surface area contributed by atoms with Gasteiger partial charge in [0, 0.05) is 12.6 Å². The fourth-order valence-corrected chi connectivity index (χ4v) is 2.25. The number of nitrogens with zero attached hydrogens (tertiary/aromatic N) is 2. The molecule has 1 aliphatic heterocycles. The van der Waals surface area contributed by atoms with E-state index in [1.54, 1.807) is 12.1 Å². The summed E-state index contributed by atoms with van der Waals surface area (Å²) in [5, 5.41) is 9.44. The predicted molar refractivity (Wildman–Crippen MR) is 57.6 cm³/mol. The van der Waals surface area contributed by atoms with E-state index in [9.17, 15) is 5.11 Å². The van der Waals surface area contributed by atoms with Gasteiger partial charge in [0.25, 0.3) is 0 Å². The van der Waals surface area contributed by atoms with Gasteiger partial charge in [-0.2, -0.15) is 0 Å². The van der Waals surface area contributed by atoms with Crippen LogP contribution in [0.25, 0.3) is 11.0 Å². The summed E-state index contributed by atoms with van der Waals surface area (Å²) in [5.41, 5.74) is 7.91. The van der Waals surface area contributed by atoms with Crippen LogP contribution in [0.2, 0.25) is 0 Å². The minimum absolute atomic E-state index is 0.0355. The van der Waals surface area contributed by atoms with Crippen LogP contribution in [0.1, 0.15) is 24.7 Å². The minimum Gasteiger partial charge on any atom is -0.508 e. The maximum Gasteiger partial charge on any atom is 0.126 e. The molecule has 1 unspecified atom stereocenters. The van der Waals surface area contributed by atoms with E-state index in [1.165, 1.54) is 0 Å². The second-order valence-electron chi connectivity index (χ2n) is 4.04. The first-order chi connectivity index (χ1) is 7.25. The van der Waals surface area contributed by atoms with Crippen LogP contribution in [0, 0.1) is 0 Å². The van der Waals surface area contributed by atoms with Crippen molar-refractivity contribution in [2.75, 3.05) is 0 Å². The Morgan fingerprint density at radius 3 is 3.20 bits per heavy atom. The molecule has 0 bridgehead atoms. The molecule has 1 aromatic carbocycles. The van der Waals surface area contributed by atoms with Crippen LogP contribution in [0.3, 0.4) is 0 Å². The van der Waals surface area contributed by atoms with Crippen LogP contribution in [0.4, 0.5) is 0 Å². The van der Waals surface area contributed by atoms with Crippen molar-refractivity contribution in [1.29, 1.82) is 0 Å². The number of hydrogen-bond acceptors (Lipinski definition) is 3. The second-order valence-corrected chi connectivity index (χ2v) is 4.04. The monoisotopic (exact) mass is 203 g/mol. The Morgan fingerprint density at radius 2 is 2.33 bits per heavy atom. The first kappa shape index (κ1) is 8.73. The summed E-state index contributed by atoms with van der Waals surface area (Å²) in [5.74, 6) is 1.23. The van der Waals surface area contributed by atoms with Crippen LogP contribution in [-0.4, -0.2) is 14.7 Å². The Labute approximate surface area is 87.3 Å². The Balaban J connectivity index is 2.31. The number of nitrogens with two attached hydrogens (primary N) is 1. The van der Waals surface area contributed by atoms with E-state index < -0.39 is 0 Å². The minimum atomic E-state index is 0.0355. The molecule has 3 rings (SSSR count). The number of aryl methyl sites for hydroxylation is 1. The first-order valence-electron chi connectivity index (χ1n) is 5.20. The molecule has 3 N–H and O–H groups in total. The summed E-state index contributed by atoms with van der Waals surface area (Å²) in [7, 11) is 0. The van der Waals surface area contributed by atoms with Crippen LogP contribution in [-0.2, 0) is 6.54 Å². The van der Waals surface area contributed by atoms with Gasteiger partial charge in [0.05, 0.1) is 17.1 Å². The van der Waals surface area contributed by atoms with Crippen molar-refractivity contribution in [1.82, 2.24) is 9.55 Å². The number of imidazole rings is 1. The number of aromatic hydroxyl groups is 1. The third kappa shape index (κ3) is 1.22. The zero-order valence-electron chi connectivity index (χ0n) is 8.35. The summed E-state index contributed by atoms with van der Waals surface area (Å²) in [4.78, 5) is 4.50. The molecule has 78 valence electrons. The van der Waals surface area contributed by atoms with E-state index in [0.717, 1.165) is 36.2 Å². The molecule has 0 amide bonds. The summed E-state index contributed by atoms with van der Waals surface area (Å²) in [6.45, 7) is 0.947. The standard InChI is InChI=1S/C11H13N3O/c12-8-2-1-5-14-10-6-7(15)3-4-9(10)13-11(8)14/h3-4,6,8,15H,1-2,5,12H2. The number of benzene rings is 1. The maximum atomic E-state index is 9.44. The van der Waals surface area contributed by atoms with E-state index in [0.29, 0.717) is 0 Å². The smallest absolute Gasteiger partial charge is 0.126 e. The lowest BCUT2D eigenvalue weighted by Gasteiger charge is -2.20. The van der Waals surface area contributed by atoms with Crippen LogP contribution >= 0.6 is 0 Å². The molecule has 4 nitrogen and oxygen atoms in total. The van der Waals surface area contributed by atoms with Crippen LogP contribution in [0.5, 0.6) is 5.75 Å². The molecule has 15 heavy (non-hydrogen) atoms. The van der Waals surface area contributed by atoms with E-state index in [2.05, 4.69) is 9.55 Å². The topological polar surface area (TPSA) is 64.1 Å². The van der Waals surface area contributed by atoms with Crippen molar-refractivity contribution in [3.63, 3.8) is 0 Å². The molecule has 2 heterocycles. The van der Waals surface area contributed by atoms with Gasteiger partial charge in [-0.1, -0.05) is 0 Å². The molecule has 1 aromatic heterocycles. The number of rotatable bonds is 0. The summed E-state index contributed by atoms with van der Waals surface area (Å²) >= 11 is 0. The number of phenolic OH excluding ortho intramolecular Hbond substituents is 1. The van der Waals surface area contributed by atoms with Gasteiger partial charge >= 0.3 is 0 Å². The number of phenols is 1. The highest BCUT2D eigenvalue weighted by molar-refractivity contribution is 5.78. The molecule has 0 aliphatic carbocycles. The fourth-order valence-electron chi connectivity index (χ4n) is 2.25. The lowest BCUT2D eigenvalue weighted by atomic mass is 10.1. The normalized spacial score (nSPS) is 20.5. The second kappa shape index (κ2) is 2.97. The summed E-state index contributed by atoms with van der Waals surface area (Å²) in [6.07, 6.45) is 2.07. The SMILES string of the molecule is NC1CCCn2c1nc1ccc(O)cc12. The molecule has 0 radical (unpaired) electrons. The van der Waals surface area contributed by atoms with Gasteiger partial charge in [0.2, 0.25) is 0 Å². The van der Waals surface area contributed by atoms with Gasteiger partial charge in [-0.3, -0.25) is 0 Å². The van der Waals surface area contributed by atoms with Gasteiger partial charge in [-0.05, 0) is 25.0 Å². The van der Waals surface area contributed by atoms with Gasteiger partial charge in [-0.15, -0.1) is 0 Å². The zero-order chi connectivity index (χ0) is 10.4. The quantitative estimate of drug-likeness (QED) is 0.682. The van der Waals surface area contributed by atoms with E-state index >= 15 is 0 Å². The number of fused-ring (bicyclic) bond motifs is 3. The average molecular weight is 203 g/mol. The van der Waals surface area contributed by atoms with E-state index in [4.69, 9.17) is 5.73 Å². The van der Waals surface area contributed by atoms with Crippen molar-refractivity contribution < 1.29 is 5.11 Å². The van der Waals surface area contributed by atoms with Gasteiger partial charge in [0.1, 0.15) is 11.6 Å². The lowest BCUT2D eigenvalue weighted by molar-refractivity contribution is 0.457. The number of hydrogen-bond donors (Lipinski definition) is 2. The Kier molecular flexibility index (Phi) is 1.73. The molecule has 0 fully saturated rings. The summed E-state index contributed by atoms with van der Waals surface area (Å²) in [6, 6.07) is 5.28. The van der Waals surface area contributed by atoms with E-state index in [-0.39, 0.29) is 11.8 Å². The van der Waals surface area contributed by atoms with Gasteiger partial charge in [-0.25, -0.2) is 4.98 Å². The number of aromatic nitrogens is 2. The average Bonchev–Trinajstić information content (AvgIpc) is 2.58. The van der Waals surface area contributed by atoms with Crippen molar-refractivity contribution in [3.8, 4) is 5.75 Å². The third-order valence-electron chi connectivity index (χ3n) is 2.99. The lowest BCUT2D eigenvalue weighted by Crippen LogP contribution is -2.21. The van der Waals surface area contributed by atoms with Gasteiger partial charge in [0.15, 0.2) is 0 Å².